The molecule has 0 spiro atoms. The van der Waals surface area contributed by atoms with Gasteiger partial charge in [-0.1, -0.05) is 57.2 Å². The fourth-order valence-electron chi connectivity index (χ4n) is 1.83. The first-order chi connectivity index (χ1) is 7.97. The lowest BCUT2D eigenvalue weighted by molar-refractivity contribution is 0.590. The molecule has 0 unspecified atom stereocenters. The molecule has 0 saturated carbocycles. The zero-order valence-corrected chi connectivity index (χ0v) is 10.5. The van der Waals surface area contributed by atoms with Crippen LogP contribution in [0, 0.1) is 5.82 Å². The maximum Gasteiger partial charge on any atom is 0.123 e. The van der Waals surface area contributed by atoms with E-state index in [1.54, 1.807) is 12.1 Å². The average molecular weight is 228 g/mol. The summed E-state index contributed by atoms with van der Waals surface area (Å²) in [6.07, 6.45) is 0. The third-order valence-corrected chi connectivity index (χ3v) is 2.89. The van der Waals surface area contributed by atoms with E-state index in [1.807, 2.05) is 18.2 Å². The van der Waals surface area contributed by atoms with Crippen LogP contribution in [0.3, 0.4) is 0 Å². The summed E-state index contributed by atoms with van der Waals surface area (Å²) in [5.41, 5.74) is 3.37. The second-order valence-electron chi connectivity index (χ2n) is 5.34. The molecule has 0 fully saturated rings. The Morgan fingerprint density at radius 3 is 2.00 bits per heavy atom. The molecule has 0 amide bonds. The van der Waals surface area contributed by atoms with Crippen LogP contribution in [0.5, 0.6) is 0 Å². The number of rotatable bonds is 1. The Morgan fingerprint density at radius 2 is 1.41 bits per heavy atom. The summed E-state index contributed by atoms with van der Waals surface area (Å²) in [6.45, 7) is 6.53. The van der Waals surface area contributed by atoms with Gasteiger partial charge >= 0.3 is 0 Å². The molecular weight excluding hydrogens is 211 g/mol. The number of halogens is 1. The minimum atomic E-state index is -0.191. The van der Waals surface area contributed by atoms with Gasteiger partial charge in [-0.2, -0.15) is 0 Å². The van der Waals surface area contributed by atoms with Crippen molar-refractivity contribution in [2.45, 2.75) is 26.2 Å². The molecule has 2 aromatic carbocycles. The quantitative estimate of drug-likeness (QED) is 0.658. The first-order valence-electron chi connectivity index (χ1n) is 5.83. The number of hydrogen-bond donors (Lipinski definition) is 0. The Hall–Kier alpha value is -1.63. The van der Waals surface area contributed by atoms with E-state index in [4.69, 9.17) is 0 Å². The fraction of sp³-hybridized carbons (Fsp3) is 0.250. The van der Waals surface area contributed by atoms with Gasteiger partial charge in [0.25, 0.3) is 0 Å². The Labute approximate surface area is 102 Å². The van der Waals surface area contributed by atoms with Crippen molar-refractivity contribution < 1.29 is 4.39 Å². The molecule has 2 rings (SSSR count). The normalized spacial score (nSPS) is 11.5. The lowest BCUT2D eigenvalue weighted by Gasteiger charge is -2.19. The monoisotopic (exact) mass is 228 g/mol. The van der Waals surface area contributed by atoms with Crippen LogP contribution in [-0.2, 0) is 5.41 Å². The first kappa shape index (κ1) is 11.8. The van der Waals surface area contributed by atoms with Crippen molar-refractivity contribution in [3.8, 4) is 11.1 Å². The van der Waals surface area contributed by atoms with E-state index in [2.05, 4.69) is 32.9 Å². The molecule has 0 aliphatic rings. The minimum absolute atomic E-state index is 0.114. The fourth-order valence-corrected chi connectivity index (χ4v) is 1.83. The van der Waals surface area contributed by atoms with Crippen LogP contribution in [0.2, 0.25) is 0 Å². The summed E-state index contributed by atoms with van der Waals surface area (Å²) < 4.78 is 13.2. The van der Waals surface area contributed by atoms with Crippen molar-refractivity contribution in [3.63, 3.8) is 0 Å². The zero-order valence-electron chi connectivity index (χ0n) is 10.5. The number of benzene rings is 2. The summed E-state index contributed by atoms with van der Waals surface area (Å²) in [5.74, 6) is -0.191. The molecule has 0 atom stereocenters. The van der Waals surface area contributed by atoms with E-state index in [0.29, 0.717) is 0 Å². The van der Waals surface area contributed by atoms with Crippen molar-refractivity contribution in [1.82, 2.24) is 0 Å². The standard InChI is InChI=1S/C16H17F/c1-16(2,3)14-8-4-6-12(10-14)13-7-5-9-15(17)11-13/h4-11H,1-3H3. The molecule has 0 bridgehead atoms. The first-order valence-corrected chi connectivity index (χ1v) is 5.83. The Kier molecular flexibility index (Phi) is 3.01. The smallest absolute Gasteiger partial charge is 0.123 e. The molecule has 0 aliphatic carbocycles. The predicted octanol–water partition coefficient (Wildman–Crippen LogP) is 4.79. The Morgan fingerprint density at radius 1 is 0.824 bits per heavy atom. The van der Waals surface area contributed by atoms with Crippen LogP contribution in [0.15, 0.2) is 48.5 Å². The van der Waals surface area contributed by atoms with E-state index in [9.17, 15) is 4.39 Å². The van der Waals surface area contributed by atoms with Crippen LogP contribution in [0.1, 0.15) is 26.3 Å². The molecule has 0 saturated heterocycles. The Balaban J connectivity index is 2.47. The molecule has 0 N–H and O–H groups in total. The highest BCUT2D eigenvalue weighted by atomic mass is 19.1. The maximum atomic E-state index is 13.2. The van der Waals surface area contributed by atoms with Gasteiger partial charge in [-0.25, -0.2) is 4.39 Å². The molecule has 17 heavy (non-hydrogen) atoms. The van der Waals surface area contributed by atoms with Crippen LogP contribution in [0.4, 0.5) is 4.39 Å². The van der Waals surface area contributed by atoms with Gasteiger partial charge < -0.3 is 0 Å². The summed E-state index contributed by atoms with van der Waals surface area (Å²) in [4.78, 5) is 0. The molecule has 0 heterocycles. The van der Waals surface area contributed by atoms with Gasteiger partial charge in [0.05, 0.1) is 0 Å². The van der Waals surface area contributed by atoms with Crippen molar-refractivity contribution in [3.05, 3.63) is 59.9 Å². The lowest BCUT2D eigenvalue weighted by atomic mass is 9.85. The van der Waals surface area contributed by atoms with Gasteiger partial charge in [0.2, 0.25) is 0 Å². The van der Waals surface area contributed by atoms with Gasteiger partial charge in [0, 0.05) is 0 Å². The van der Waals surface area contributed by atoms with Gasteiger partial charge in [0.1, 0.15) is 5.82 Å². The third kappa shape index (κ3) is 2.73. The average Bonchev–Trinajstić information content (AvgIpc) is 2.28. The van der Waals surface area contributed by atoms with E-state index >= 15 is 0 Å². The van der Waals surface area contributed by atoms with Crippen LogP contribution in [-0.4, -0.2) is 0 Å². The summed E-state index contributed by atoms with van der Waals surface area (Å²) in [7, 11) is 0. The highest BCUT2D eigenvalue weighted by molar-refractivity contribution is 5.64. The lowest BCUT2D eigenvalue weighted by Crippen LogP contribution is -2.10. The summed E-state index contributed by atoms with van der Waals surface area (Å²) in [6, 6.07) is 15.0. The molecule has 0 nitrogen and oxygen atoms in total. The molecule has 88 valence electrons. The second kappa shape index (κ2) is 4.33. The van der Waals surface area contributed by atoms with Crippen LogP contribution in [0.25, 0.3) is 11.1 Å². The largest absolute Gasteiger partial charge is 0.207 e. The highest BCUT2D eigenvalue weighted by Gasteiger charge is 2.13. The van der Waals surface area contributed by atoms with Crippen LogP contribution < -0.4 is 0 Å². The molecule has 0 aliphatic heterocycles. The molecule has 1 heteroatoms. The van der Waals surface area contributed by atoms with Crippen molar-refractivity contribution in [2.24, 2.45) is 0 Å². The van der Waals surface area contributed by atoms with Crippen molar-refractivity contribution >= 4 is 0 Å². The molecule has 0 aromatic heterocycles. The third-order valence-electron chi connectivity index (χ3n) is 2.89. The minimum Gasteiger partial charge on any atom is -0.207 e. The van der Waals surface area contributed by atoms with E-state index < -0.39 is 0 Å². The Bertz CT molecular complexity index is 521. The van der Waals surface area contributed by atoms with E-state index in [0.717, 1.165) is 11.1 Å². The van der Waals surface area contributed by atoms with Crippen molar-refractivity contribution in [2.75, 3.05) is 0 Å². The van der Waals surface area contributed by atoms with E-state index in [-0.39, 0.29) is 11.2 Å². The molecule has 2 aromatic rings. The SMILES string of the molecule is CC(C)(C)c1cccc(-c2cccc(F)c2)c1. The highest BCUT2D eigenvalue weighted by Crippen LogP contribution is 2.27. The predicted molar refractivity (Wildman–Crippen MR) is 70.5 cm³/mol. The zero-order chi connectivity index (χ0) is 12.5. The van der Waals surface area contributed by atoms with Gasteiger partial charge in [-0.05, 0) is 34.2 Å². The summed E-state index contributed by atoms with van der Waals surface area (Å²) in [5, 5.41) is 0. The second-order valence-corrected chi connectivity index (χ2v) is 5.34. The van der Waals surface area contributed by atoms with E-state index in [1.165, 1.54) is 11.6 Å². The topological polar surface area (TPSA) is 0 Å². The van der Waals surface area contributed by atoms with Gasteiger partial charge in [-0.3, -0.25) is 0 Å². The number of hydrogen-bond acceptors (Lipinski definition) is 0. The van der Waals surface area contributed by atoms with Gasteiger partial charge in [-0.15, -0.1) is 0 Å². The molecular formula is C16H17F. The summed E-state index contributed by atoms with van der Waals surface area (Å²) >= 11 is 0. The van der Waals surface area contributed by atoms with Crippen molar-refractivity contribution in [1.29, 1.82) is 0 Å². The van der Waals surface area contributed by atoms with Gasteiger partial charge in [0.15, 0.2) is 0 Å². The molecule has 0 radical (unpaired) electrons. The maximum absolute atomic E-state index is 13.2. The van der Waals surface area contributed by atoms with Crippen LogP contribution >= 0.6 is 0 Å².